The van der Waals surface area contributed by atoms with Gasteiger partial charge in [0, 0.05) is 32.4 Å². The Labute approximate surface area is 79.8 Å². The fraction of sp³-hybridized carbons (Fsp3) is 0. The second-order valence-electron chi connectivity index (χ2n) is 2.07. The van der Waals surface area contributed by atoms with Crippen molar-refractivity contribution in [2.75, 3.05) is 0 Å². The van der Waals surface area contributed by atoms with Crippen molar-refractivity contribution < 1.29 is 26.2 Å². The Kier molecular flexibility index (Phi) is 2.62. The molecular formula is C7H5BNZr-. The SMILES string of the molecule is [C-]1=CC=C2N=CC=CB12.[Zr]. The smallest absolute Gasteiger partial charge is 0.123 e. The molecule has 0 aliphatic carbocycles. The first-order chi connectivity index (χ1) is 4.47. The molecule has 2 rings (SSSR count). The normalized spacial score (nSPS) is 18.4. The second kappa shape index (κ2) is 3.29. The molecule has 0 saturated heterocycles. The molecule has 3 heteroatoms. The van der Waals surface area contributed by atoms with Crippen LogP contribution in [0.4, 0.5) is 0 Å². The number of rotatable bonds is 0. The van der Waals surface area contributed by atoms with Crippen molar-refractivity contribution in [2.45, 2.75) is 0 Å². The summed E-state index contributed by atoms with van der Waals surface area (Å²) in [5.74, 6) is 5.23. The Hall–Kier alpha value is -0.162. The molecular weight excluding hydrogens is 200 g/mol. The third-order valence-corrected chi connectivity index (χ3v) is 1.46. The van der Waals surface area contributed by atoms with Gasteiger partial charge in [0.25, 0.3) is 0 Å². The molecule has 0 amide bonds. The molecule has 0 radical (unpaired) electrons. The van der Waals surface area contributed by atoms with Crippen molar-refractivity contribution >= 4 is 12.9 Å². The maximum absolute atomic E-state index is 4.15. The van der Waals surface area contributed by atoms with E-state index in [2.05, 4.69) is 16.9 Å². The number of fused-ring (bicyclic) bond motifs is 1. The molecule has 0 saturated carbocycles. The number of allylic oxidation sites excluding steroid dienone is 3. The Balaban J connectivity index is 0.000000500. The van der Waals surface area contributed by atoms with Crippen molar-refractivity contribution in [2.24, 2.45) is 4.99 Å². The van der Waals surface area contributed by atoms with Gasteiger partial charge in [-0.2, -0.15) is 6.08 Å². The van der Waals surface area contributed by atoms with Gasteiger partial charge in [0.15, 0.2) is 0 Å². The molecule has 2 aliphatic rings. The molecule has 2 heterocycles. The minimum Gasteiger partial charge on any atom is -0.293 e. The Morgan fingerprint density at radius 1 is 1.50 bits per heavy atom. The minimum atomic E-state index is 0. The van der Waals surface area contributed by atoms with E-state index in [0.717, 1.165) is 5.60 Å². The average Bonchev–Trinajstić information content (AvgIpc) is 2.33. The van der Waals surface area contributed by atoms with E-state index in [1.54, 1.807) is 0 Å². The zero-order chi connectivity index (χ0) is 6.10. The molecule has 0 aromatic heterocycles. The van der Waals surface area contributed by atoms with E-state index in [4.69, 9.17) is 0 Å². The van der Waals surface area contributed by atoms with Crippen LogP contribution in [0.5, 0.6) is 0 Å². The van der Waals surface area contributed by atoms with Crippen LogP contribution in [0.2, 0.25) is 0 Å². The number of hydrogen-bond donors (Lipinski definition) is 0. The van der Waals surface area contributed by atoms with Gasteiger partial charge in [0.1, 0.15) is 6.71 Å². The van der Waals surface area contributed by atoms with Gasteiger partial charge < -0.3 is 0 Å². The molecule has 0 N–H and O–H groups in total. The Bertz CT molecular complexity index is 240. The fourth-order valence-electron chi connectivity index (χ4n) is 0.994. The summed E-state index contributed by atoms with van der Waals surface area (Å²) in [6.45, 7) is 0.343. The molecule has 0 aromatic rings. The first kappa shape index (κ1) is 7.94. The minimum absolute atomic E-state index is 0. The third kappa shape index (κ3) is 1.29. The zero-order valence-corrected chi connectivity index (χ0v) is 7.87. The molecule has 2 aliphatic heterocycles. The van der Waals surface area contributed by atoms with Crippen LogP contribution in [0.15, 0.2) is 34.8 Å². The maximum Gasteiger partial charge on any atom is 0.123 e. The van der Waals surface area contributed by atoms with Gasteiger partial charge in [-0.25, -0.2) is 6.08 Å². The van der Waals surface area contributed by atoms with E-state index in [-0.39, 0.29) is 26.2 Å². The standard InChI is InChI=1S/C7H5BN.Zr/c1-3-7-8(4-1)5-2-6-9-7;/h1-3,5-6H;/q-1;. The van der Waals surface area contributed by atoms with Crippen LogP contribution in [0.1, 0.15) is 0 Å². The van der Waals surface area contributed by atoms with Gasteiger partial charge in [-0.15, -0.1) is 5.98 Å². The molecule has 1 nitrogen and oxygen atoms in total. The predicted molar refractivity (Wildman–Crippen MR) is 39.3 cm³/mol. The quantitative estimate of drug-likeness (QED) is 0.413. The van der Waals surface area contributed by atoms with Crippen LogP contribution in [0.25, 0.3) is 0 Å². The molecule has 0 aromatic carbocycles. The van der Waals surface area contributed by atoms with Gasteiger partial charge in [-0.05, 0) is 0 Å². The third-order valence-electron chi connectivity index (χ3n) is 1.46. The monoisotopic (exact) mass is 204 g/mol. The second-order valence-corrected chi connectivity index (χ2v) is 2.07. The molecule has 0 atom stereocenters. The van der Waals surface area contributed by atoms with E-state index in [1.165, 1.54) is 0 Å². The Morgan fingerprint density at radius 3 is 3.20 bits per heavy atom. The number of hydrogen-bond acceptors (Lipinski definition) is 1. The van der Waals surface area contributed by atoms with Crippen LogP contribution in [0.3, 0.4) is 0 Å². The van der Waals surface area contributed by atoms with Crippen LogP contribution >= 0.6 is 0 Å². The largest absolute Gasteiger partial charge is 0.293 e. The summed E-state index contributed by atoms with van der Waals surface area (Å²) in [6.07, 6.45) is 7.68. The molecule has 0 bridgehead atoms. The molecule has 0 unspecified atom stereocenters. The Morgan fingerprint density at radius 2 is 2.40 bits per heavy atom. The topological polar surface area (TPSA) is 12.4 Å². The molecule has 10 heavy (non-hydrogen) atoms. The van der Waals surface area contributed by atoms with Crippen LogP contribution in [0, 0.1) is 5.98 Å². The van der Waals surface area contributed by atoms with Crippen molar-refractivity contribution in [3.05, 3.63) is 35.8 Å². The summed E-state index contributed by atoms with van der Waals surface area (Å²) >= 11 is 0. The van der Waals surface area contributed by atoms with Crippen LogP contribution in [-0.4, -0.2) is 12.9 Å². The molecule has 0 spiro atoms. The number of aliphatic imine (C=N–C) groups is 1. The summed E-state index contributed by atoms with van der Waals surface area (Å²) in [5, 5.41) is 0. The van der Waals surface area contributed by atoms with Gasteiger partial charge in [0.2, 0.25) is 0 Å². The van der Waals surface area contributed by atoms with Crippen LogP contribution < -0.4 is 0 Å². The van der Waals surface area contributed by atoms with Crippen molar-refractivity contribution in [1.29, 1.82) is 0 Å². The summed E-state index contributed by atoms with van der Waals surface area (Å²) < 4.78 is 0. The van der Waals surface area contributed by atoms with Crippen molar-refractivity contribution in [1.82, 2.24) is 0 Å². The van der Waals surface area contributed by atoms with E-state index in [9.17, 15) is 0 Å². The predicted octanol–water partition coefficient (Wildman–Crippen LogP) is 0.994. The van der Waals surface area contributed by atoms with Crippen molar-refractivity contribution in [3.63, 3.8) is 0 Å². The van der Waals surface area contributed by atoms with Gasteiger partial charge >= 0.3 is 0 Å². The molecule has 0 fully saturated rings. The number of nitrogens with zero attached hydrogens (tertiary/aromatic N) is 1. The summed E-state index contributed by atoms with van der Waals surface area (Å²) in [7, 11) is 0. The first-order valence-corrected chi connectivity index (χ1v) is 2.97. The average molecular weight is 205 g/mol. The fourth-order valence-corrected chi connectivity index (χ4v) is 0.994. The summed E-state index contributed by atoms with van der Waals surface area (Å²) in [6, 6.07) is 0. The van der Waals surface area contributed by atoms with E-state index in [0.29, 0.717) is 6.71 Å². The summed E-state index contributed by atoms with van der Waals surface area (Å²) in [4.78, 5) is 4.15. The van der Waals surface area contributed by atoms with Crippen LogP contribution in [-0.2, 0) is 26.2 Å². The maximum atomic E-state index is 4.15. The van der Waals surface area contributed by atoms with Crippen molar-refractivity contribution in [3.8, 4) is 0 Å². The molecule has 46 valence electrons. The van der Waals surface area contributed by atoms with E-state index >= 15 is 0 Å². The van der Waals surface area contributed by atoms with Gasteiger partial charge in [-0.3, -0.25) is 11.0 Å². The zero-order valence-electron chi connectivity index (χ0n) is 5.41. The summed E-state index contributed by atoms with van der Waals surface area (Å²) in [5.41, 5.74) is 1.11. The van der Waals surface area contributed by atoms with Gasteiger partial charge in [0.05, 0.1) is 0 Å². The van der Waals surface area contributed by atoms with E-state index < -0.39 is 0 Å². The first-order valence-electron chi connectivity index (χ1n) is 2.97. The van der Waals surface area contributed by atoms with E-state index in [1.807, 2.05) is 24.4 Å². The van der Waals surface area contributed by atoms with Gasteiger partial charge in [-0.1, -0.05) is 11.7 Å².